The van der Waals surface area contributed by atoms with Gasteiger partial charge in [0, 0.05) is 5.02 Å². The van der Waals surface area contributed by atoms with E-state index in [0.29, 0.717) is 28.6 Å². The number of rotatable bonds is 5. The third-order valence-corrected chi connectivity index (χ3v) is 4.65. The van der Waals surface area contributed by atoms with Gasteiger partial charge < -0.3 is 18.7 Å². The summed E-state index contributed by atoms with van der Waals surface area (Å²) in [4.78, 5) is 16.7. The molecule has 0 saturated heterocycles. The maximum absolute atomic E-state index is 12.4. The molecule has 1 aromatic heterocycles. The number of carbonyl (C=O) groups is 1. The zero-order chi connectivity index (χ0) is 19.5. The van der Waals surface area contributed by atoms with Crippen molar-refractivity contribution in [3.63, 3.8) is 0 Å². The lowest BCUT2D eigenvalue weighted by molar-refractivity contribution is -0.152. The first-order chi connectivity index (χ1) is 13.6. The van der Waals surface area contributed by atoms with Gasteiger partial charge in [0.15, 0.2) is 6.61 Å². The van der Waals surface area contributed by atoms with Crippen LogP contribution in [0.4, 0.5) is 0 Å². The second kappa shape index (κ2) is 7.90. The first kappa shape index (κ1) is 18.3. The summed E-state index contributed by atoms with van der Waals surface area (Å²) in [7, 11) is 1.57. The Morgan fingerprint density at radius 2 is 2.14 bits per heavy atom. The van der Waals surface area contributed by atoms with Crippen LogP contribution in [-0.4, -0.2) is 29.8 Å². The number of esters is 1. The number of benzene rings is 2. The monoisotopic (exact) mass is 400 g/mol. The fourth-order valence-corrected chi connectivity index (χ4v) is 3.21. The van der Waals surface area contributed by atoms with Crippen LogP contribution in [0.1, 0.15) is 11.5 Å². The second-order valence-electron chi connectivity index (χ2n) is 6.28. The summed E-state index contributed by atoms with van der Waals surface area (Å²) in [6, 6.07) is 12.7. The number of nitrogens with zero attached hydrogens (tertiary/aromatic N) is 2. The Bertz CT molecular complexity index is 1000. The Hall–Kier alpha value is -3.06. The smallest absolute Gasteiger partial charge is 0.313 e. The molecule has 0 unspecified atom stereocenters. The first-order valence-corrected chi connectivity index (χ1v) is 9.05. The van der Waals surface area contributed by atoms with E-state index in [1.165, 1.54) is 0 Å². The molecule has 0 N–H and O–H groups in total. The lowest BCUT2D eigenvalue weighted by atomic mass is 9.97. The quantitative estimate of drug-likeness (QED) is 0.604. The maximum atomic E-state index is 12.4. The first-order valence-electron chi connectivity index (χ1n) is 8.68. The van der Waals surface area contributed by atoms with Gasteiger partial charge in [0.25, 0.3) is 5.89 Å². The van der Waals surface area contributed by atoms with Gasteiger partial charge in [0.1, 0.15) is 18.1 Å². The summed E-state index contributed by atoms with van der Waals surface area (Å²) in [5.41, 5.74) is 1.58. The number of hydrogen-bond donors (Lipinski definition) is 0. The molecule has 4 rings (SSSR count). The number of hydrogen-bond acceptors (Lipinski definition) is 7. The number of fused-ring (bicyclic) bond motifs is 1. The third kappa shape index (κ3) is 3.80. The molecule has 2 heterocycles. The normalized spacial score (nSPS) is 15.4. The number of para-hydroxylation sites is 1. The molecule has 0 aliphatic carbocycles. The highest BCUT2D eigenvalue weighted by molar-refractivity contribution is 6.30. The van der Waals surface area contributed by atoms with Gasteiger partial charge in [-0.15, -0.1) is 0 Å². The van der Waals surface area contributed by atoms with Gasteiger partial charge in [-0.2, -0.15) is 4.98 Å². The van der Waals surface area contributed by atoms with Crippen LogP contribution in [0.25, 0.3) is 11.4 Å². The van der Waals surface area contributed by atoms with Crippen molar-refractivity contribution in [3.05, 3.63) is 58.9 Å². The fourth-order valence-electron chi connectivity index (χ4n) is 3.02. The van der Waals surface area contributed by atoms with Gasteiger partial charge >= 0.3 is 5.97 Å². The summed E-state index contributed by atoms with van der Waals surface area (Å²) < 4.78 is 21.4. The van der Waals surface area contributed by atoms with Crippen molar-refractivity contribution in [3.8, 4) is 22.9 Å². The number of aromatic nitrogens is 2. The van der Waals surface area contributed by atoms with Crippen LogP contribution in [0.5, 0.6) is 11.5 Å². The van der Waals surface area contributed by atoms with E-state index in [1.54, 1.807) is 31.4 Å². The van der Waals surface area contributed by atoms with Crippen molar-refractivity contribution >= 4 is 17.6 Å². The van der Waals surface area contributed by atoms with Gasteiger partial charge in [0.2, 0.25) is 5.82 Å². The third-order valence-electron chi connectivity index (χ3n) is 4.42. The summed E-state index contributed by atoms with van der Waals surface area (Å²) in [6.07, 6.45) is 0.505. The minimum Gasteiger partial charge on any atom is -0.496 e. The van der Waals surface area contributed by atoms with Gasteiger partial charge in [-0.05, 0) is 42.3 Å². The van der Waals surface area contributed by atoms with Crippen LogP contribution in [0, 0.1) is 5.92 Å². The average molecular weight is 401 g/mol. The molecular formula is C20H17ClN2O5. The standard InChI is InChI=1S/C20H17ClN2O5/c1-25-17-5-3-2-4-15(17)19-22-18(28-23-19)11-27-20(24)13-8-12-9-14(21)6-7-16(12)26-10-13/h2-7,9,13H,8,10-11H2,1H3/t13-/m1/s1. The molecule has 1 aliphatic heterocycles. The number of ether oxygens (including phenoxy) is 3. The molecule has 144 valence electrons. The van der Waals surface area contributed by atoms with Crippen LogP contribution in [-0.2, 0) is 22.6 Å². The van der Waals surface area contributed by atoms with Crippen LogP contribution < -0.4 is 9.47 Å². The largest absolute Gasteiger partial charge is 0.496 e. The zero-order valence-electron chi connectivity index (χ0n) is 15.1. The summed E-state index contributed by atoms with van der Waals surface area (Å²) in [6.45, 7) is 0.143. The summed E-state index contributed by atoms with van der Waals surface area (Å²) in [5.74, 6) is 1.14. The molecule has 2 aromatic carbocycles. The number of carbonyl (C=O) groups excluding carboxylic acids is 1. The number of halogens is 1. The van der Waals surface area contributed by atoms with Crippen molar-refractivity contribution in [1.29, 1.82) is 0 Å². The SMILES string of the molecule is COc1ccccc1-c1noc(COC(=O)[C@H]2COc3ccc(Cl)cc3C2)n1. The van der Waals surface area contributed by atoms with E-state index in [0.717, 1.165) is 11.3 Å². The van der Waals surface area contributed by atoms with Crippen LogP contribution >= 0.6 is 11.6 Å². The highest BCUT2D eigenvalue weighted by atomic mass is 35.5. The van der Waals surface area contributed by atoms with Crippen LogP contribution in [0.15, 0.2) is 47.0 Å². The Morgan fingerprint density at radius 1 is 1.29 bits per heavy atom. The average Bonchev–Trinajstić information content (AvgIpc) is 3.20. The molecule has 0 fully saturated rings. The van der Waals surface area contributed by atoms with Gasteiger partial charge in [-0.25, -0.2) is 0 Å². The van der Waals surface area contributed by atoms with Gasteiger partial charge in [-0.3, -0.25) is 4.79 Å². The van der Waals surface area contributed by atoms with Gasteiger partial charge in [0.05, 0.1) is 18.6 Å². The van der Waals surface area contributed by atoms with Crippen molar-refractivity contribution in [1.82, 2.24) is 10.1 Å². The van der Waals surface area contributed by atoms with Crippen LogP contribution in [0.2, 0.25) is 5.02 Å². The molecule has 0 amide bonds. The lowest BCUT2D eigenvalue weighted by Crippen LogP contribution is -2.29. The van der Waals surface area contributed by atoms with E-state index in [1.807, 2.05) is 18.2 Å². The second-order valence-corrected chi connectivity index (χ2v) is 6.72. The minimum atomic E-state index is -0.414. The molecular weight excluding hydrogens is 384 g/mol. The van der Waals surface area contributed by atoms with E-state index in [9.17, 15) is 4.79 Å². The molecule has 3 aromatic rings. The van der Waals surface area contributed by atoms with Crippen molar-refractivity contribution in [2.45, 2.75) is 13.0 Å². The predicted octanol–water partition coefficient (Wildman–Crippen LogP) is 3.69. The van der Waals surface area contributed by atoms with E-state index >= 15 is 0 Å². The zero-order valence-corrected chi connectivity index (χ0v) is 15.8. The summed E-state index contributed by atoms with van der Waals surface area (Å²) >= 11 is 6.01. The molecule has 0 radical (unpaired) electrons. The van der Waals surface area contributed by atoms with E-state index in [4.69, 9.17) is 30.3 Å². The Morgan fingerprint density at radius 3 is 3.00 bits per heavy atom. The molecule has 1 aliphatic rings. The summed E-state index contributed by atoms with van der Waals surface area (Å²) in [5, 5.41) is 4.53. The Labute approximate surface area is 166 Å². The highest BCUT2D eigenvalue weighted by Gasteiger charge is 2.28. The lowest BCUT2D eigenvalue weighted by Gasteiger charge is -2.23. The molecule has 0 saturated carbocycles. The molecule has 1 atom stereocenters. The number of methoxy groups -OCH3 is 1. The Balaban J connectivity index is 1.39. The molecule has 7 nitrogen and oxygen atoms in total. The highest BCUT2D eigenvalue weighted by Crippen LogP contribution is 2.30. The predicted molar refractivity (Wildman–Crippen MR) is 100 cm³/mol. The van der Waals surface area contributed by atoms with Crippen LogP contribution in [0.3, 0.4) is 0 Å². The van der Waals surface area contributed by atoms with Crippen molar-refractivity contribution in [2.75, 3.05) is 13.7 Å². The minimum absolute atomic E-state index is 0.111. The molecule has 28 heavy (non-hydrogen) atoms. The Kier molecular flexibility index (Phi) is 5.16. The van der Waals surface area contributed by atoms with E-state index < -0.39 is 5.92 Å². The molecule has 0 bridgehead atoms. The topological polar surface area (TPSA) is 83.7 Å². The molecule has 0 spiro atoms. The van der Waals surface area contributed by atoms with E-state index in [2.05, 4.69) is 10.1 Å². The van der Waals surface area contributed by atoms with Crippen molar-refractivity contribution < 1.29 is 23.5 Å². The molecule has 8 heteroatoms. The van der Waals surface area contributed by atoms with E-state index in [-0.39, 0.29) is 25.1 Å². The van der Waals surface area contributed by atoms with Crippen molar-refractivity contribution in [2.24, 2.45) is 5.92 Å². The van der Waals surface area contributed by atoms with Gasteiger partial charge in [-0.1, -0.05) is 28.9 Å². The maximum Gasteiger partial charge on any atom is 0.313 e. The fraction of sp³-hybridized carbons (Fsp3) is 0.250.